The number of fused-ring (bicyclic) bond motifs is 1. The molecule has 1 aliphatic heterocycles. The largest absolute Gasteiger partial charge is 0.493 e. The zero-order chi connectivity index (χ0) is 16.9. The van der Waals surface area contributed by atoms with Gasteiger partial charge in [0.25, 0.3) is 0 Å². The molecule has 0 saturated carbocycles. The van der Waals surface area contributed by atoms with Crippen molar-refractivity contribution in [2.24, 2.45) is 0 Å². The highest BCUT2D eigenvalue weighted by atomic mass is 32.1. The lowest BCUT2D eigenvalue weighted by atomic mass is 10.0. The van der Waals surface area contributed by atoms with Gasteiger partial charge in [-0.05, 0) is 48.9 Å². The predicted octanol–water partition coefficient (Wildman–Crippen LogP) is 4.55. The molecule has 24 heavy (non-hydrogen) atoms. The van der Waals surface area contributed by atoms with Crippen LogP contribution in [0.25, 0.3) is 0 Å². The Morgan fingerprint density at radius 1 is 1.46 bits per heavy atom. The van der Waals surface area contributed by atoms with Crippen molar-refractivity contribution in [3.63, 3.8) is 0 Å². The summed E-state index contributed by atoms with van der Waals surface area (Å²) in [4.78, 5) is 13.6. The number of hydrogen-bond acceptors (Lipinski definition) is 3. The fraction of sp³-hybridized carbons (Fsp3) is 0.389. The van der Waals surface area contributed by atoms with Gasteiger partial charge in [-0.15, -0.1) is 11.3 Å². The number of nitrogens with one attached hydrogen (secondary N) is 2. The fourth-order valence-corrected chi connectivity index (χ4v) is 3.78. The van der Waals surface area contributed by atoms with Crippen LogP contribution in [-0.2, 0) is 0 Å². The maximum Gasteiger partial charge on any atom is 0.315 e. The van der Waals surface area contributed by atoms with E-state index in [0.29, 0.717) is 17.9 Å². The van der Waals surface area contributed by atoms with Crippen LogP contribution >= 0.6 is 11.3 Å². The average Bonchev–Trinajstić information content (AvgIpc) is 3.04. The van der Waals surface area contributed by atoms with Crippen LogP contribution in [0, 0.1) is 5.82 Å². The number of benzene rings is 1. The summed E-state index contributed by atoms with van der Waals surface area (Å²) in [6.07, 6.45) is 2.34. The van der Waals surface area contributed by atoms with Crippen LogP contribution in [0.4, 0.5) is 9.18 Å². The lowest BCUT2D eigenvalue weighted by Crippen LogP contribution is -2.39. The number of carbonyl (C=O) groups excluding carboxylic acids is 1. The fourth-order valence-electron chi connectivity index (χ4n) is 2.92. The minimum absolute atomic E-state index is 0.0148. The molecule has 2 amide bonds. The minimum atomic E-state index is -0.323. The summed E-state index contributed by atoms with van der Waals surface area (Å²) in [6, 6.07) is 7.94. The number of halogens is 1. The van der Waals surface area contributed by atoms with Crippen LogP contribution in [0.3, 0.4) is 0 Å². The van der Waals surface area contributed by atoms with E-state index in [1.807, 2.05) is 24.4 Å². The Hall–Kier alpha value is -2.08. The Bertz CT molecular complexity index is 690. The molecule has 2 atom stereocenters. The van der Waals surface area contributed by atoms with Crippen LogP contribution in [-0.4, -0.2) is 12.6 Å². The first-order valence-electron chi connectivity index (χ1n) is 8.20. The highest BCUT2D eigenvalue weighted by molar-refractivity contribution is 7.10. The maximum absolute atomic E-state index is 13.6. The summed E-state index contributed by atoms with van der Waals surface area (Å²) in [5.74, 6) is 0.320. The van der Waals surface area contributed by atoms with Crippen LogP contribution in [0.2, 0.25) is 0 Å². The molecule has 0 saturated heterocycles. The number of urea groups is 1. The summed E-state index contributed by atoms with van der Waals surface area (Å²) in [5, 5.41) is 7.98. The van der Waals surface area contributed by atoms with Crippen LogP contribution < -0.4 is 15.4 Å². The second kappa shape index (κ2) is 7.66. The zero-order valence-electron chi connectivity index (χ0n) is 13.5. The summed E-state index contributed by atoms with van der Waals surface area (Å²) < 4.78 is 19.2. The summed E-state index contributed by atoms with van der Waals surface area (Å²) in [7, 11) is 0. The molecular weight excluding hydrogens is 327 g/mol. The standard InChI is InChI=1S/C18H21FN2O2S/c1-2-14(17-6-4-10-24-17)20-18(22)21-15-5-3-9-23-16-8-7-12(19)11-13(15)16/h4,6-8,10-11,14-15H,2-3,5,9H2,1H3,(H2,20,21,22)/t14-,15+/m1/s1. The Kier molecular flexibility index (Phi) is 5.35. The molecule has 2 heterocycles. The van der Waals surface area contributed by atoms with Crippen molar-refractivity contribution >= 4 is 17.4 Å². The molecule has 128 valence electrons. The van der Waals surface area contributed by atoms with E-state index in [9.17, 15) is 9.18 Å². The van der Waals surface area contributed by atoms with Crippen molar-refractivity contribution in [2.45, 2.75) is 38.3 Å². The third-order valence-corrected chi connectivity index (χ3v) is 5.13. The van der Waals surface area contributed by atoms with Gasteiger partial charge in [0, 0.05) is 10.4 Å². The second-order valence-corrected chi connectivity index (χ2v) is 6.80. The second-order valence-electron chi connectivity index (χ2n) is 5.82. The Labute approximate surface area is 145 Å². The normalized spacial score (nSPS) is 18.0. The first-order valence-corrected chi connectivity index (χ1v) is 9.08. The van der Waals surface area contributed by atoms with Crippen LogP contribution in [0.15, 0.2) is 35.7 Å². The van der Waals surface area contributed by atoms with Crippen molar-refractivity contribution in [3.05, 3.63) is 52.0 Å². The summed E-state index contributed by atoms with van der Waals surface area (Å²) in [6.45, 7) is 2.61. The predicted molar refractivity (Wildman–Crippen MR) is 92.9 cm³/mol. The molecule has 0 unspecified atom stereocenters. The van der Waals surface area contributed by atoms with Gasteiger partial charge in [0.1, 0.15) is 11.6 Å². The van der Waals surface area contributed by atoms with E-state index in [1.54, 1.807) is 17.4 Å². The lowest BCUT2D eigenvalue weighted by molar-refractivity contribution is 0.232. The molecule has 3 rings (SSSR count). The zero-order valence-corrected chi connectivity index (χ0v) is 14.4. The third kappa shape index (κ3) is 3.87. The number of rotatable bonds is 4. The summed E-state index contributed by atoms with van der Waals surface area (Å²) in [5.41, 5.74) is 0.701. The van der Waals surface area contributed by atoms with Gasteiger partial charge in [-0.3, -0.25) is 0 Å². The quantitative estimate of drug-likeness (QED) is 0.851. The van der Waals surface area contributed by atoms with Crippen LogP contribution in [0.5, 0.6) is 5.75 Å². The van der Waals surface area contributed by atoms with E-state index in [2.05, 4.69) is 10.6 Å². The lowest BCUT2D eigenvalue weighted by Gasteiger charge is -2.21. The van der Waals surface area contributed by atoms with Crippen molar-refractivity contribution in [3.8, 4) is 5.75 Å². The molecule has 0 fully saturated rings. The molecule has 0 bridgehead atoms. The van der Waals surface area contributed by atoms with Crippen molar-refractivity contribution in [2.75, 3.05) is 6.61 Å². The minimum Gasteiger partial charge on any atom is -0.493 e. The van der Waals surface area contributed by atoms with Crippen LogP contribution in [0.1, 0.15) is 48.7 Å². The SMILES string of the molecule is CC[C@@H](NC(=O)N[C@H]1CCCOc2ccc(F)cc21)c1cccs1. The first-order chi connectivity index (χ1) is 11.7. The Morgan fingerprint density at radius 3 is 3.08 bits per heavy atom. The van der Waals surface area contributed by atoms with E-state index in [0.717, 1.165) is 24.1 Å². The van der Waals surface area contributed by atoms with Crippen molar-refractivity contribution in [1.29, 1.82) is 0 Å². The van der Waals surface area contributed by atoms with E-state index in [4.69, 9.17) is 4.74 Å². The molecule has 2 aromatic rings. The van der Waals surface area contributed by atoms with Gasteiger partial charge in [-0.1, -0.05) is 13.0 Å². The van der Waals surface area contributed by atoms with Gasteiger partial charge < -0.3 is 15.4 Å². The van der Waals surface area contributed by atoms with E-state index in [1.165, 1.54) is 12.1 Å². The van der Waals surface area contributed by atoms with E-state index in [-0.39, 0.29) is 23.9 Å². The average molecular weight is 348 g/mol. The molecule has 1 aliphatic rings. The van der Waals surface area contributed by atoms with Gasteiger partial charge in [0.05, 0.1) is 18.7 Å². The smallest absolute Gasteiger partial charge is 0.315 e. The molecule has 0 radical (unpaired) electrons. The van der Waals surface area contributed by atoms with Gasteiger partial charge in [0.15, 0.2) is 0 Å². The molecule has 1 aromatic carbocycles. The van der Waals surface area contributed by atoms with Gasteiger partial charge in [-0.25, -0.2) is 9.18 Å². The van der Waals surface area contributed by atoms with Crippen molar-refractivity contribution in [1.82, 2.24) is 10.6 Å². The molecular formula is C18H21FN2O2S. The number of ether oxygens (including phenoxy) is 1. The third-order valence-electron chi connectivity index (χ3n) is 4.15. The molecule has 2 N–H and O–H groups in total. The molecule has 6 heteroatoms. The number of thiophene rings is 1. The van der Waals surface area contributed by atoms with E-state index >= 15 is 0 Å². The molecule has 0 spiro atoms. The highest BCUT2D eigenvalue weighted by Crippen LogP contribution is 2.32. The van der Waals surface area contributed by atoms with E-state index < -0.39 is 0 Å². The Balaban J connectivity index is 1.71. The molecule has 0 aliphatic carbocycles. The van der Waals surface area contributed by atoms with Crippen molar-refractivity contribution < 1.29 is 13.9 Å². The van der Waals surface area contributed by atoms with Gasteiger partial charge in [-0.2, -0.15) is 0 Å². The monoisotopic (exact) mass is 348 g/mol. The molecule has 1 aromatic heterocycles. The number of carbonyl (C=O) groups is 1. The number of amides is 2. The van der Waals surface area contributed by atoms with Gasteiger partial charge in [0.2, 0.25) is 0 Å². The maximum atomic E-state index is 13.6. The number of hydrogen-bond donors (Lipinski definition) is 2. The highest BCUT2D eigenvalue weighted by Gasteiger charge is 2.23. The Morgan fingerprint density at radius 2 is 2.33 bits per heavy atom. The molecule has 4 nitrogen and oxygen atoms in total. The summed E-state index contributed by atoms with van der Waals surface area (Å²) >= 11 is 1.63. The van der Waals surface area contributed by atoms with Gasteiger partial charge >= 0.3 is 6.03 Å². The first kappa shape index (κ1) is 16.8. The topological polar surface area (TPSA) is 50.4 Å².